The molecule has 0 fully saturated rings. The van der Waals surface area contributed by atoms with Gasteiger partial charge in [-0.1, -0.05) is 153 Å². The Hall–Kier alpha value is -6.64. The van der Waals surface area contributed by atoms with Gasteiger partial charge in [-0.3, -0.25) is 4.98 Å². The Bertz CT molecular complexity index is 3150. The van der Waals surface area contributed by atoms with E-state index in [1.807, 2.05) is 12.3 Å². The summed E-state index contributed by atoms with van der Waals surface area (Å²) < 4.78 is 0. The third-order valence-electron chi connectivity index (χ3n) is 11.7. The van der Waals surface area contributed by atoms with Crippen LogP contribution < -0.4 is 0 Å². The first-order valence-corrected chi connectivity index (χ1v) is 18.4. The van der Waals surface area contributed by atoms with E-state index in [0.717, 1.165) is 33.1 Å². The first kappa shape index (κ1) is 30.0. The fourth-order valence-electron chi connectivity index (χ4n) is 9.13. The highest BCUT2D eigenvalue weighted by Gasteiger charge is 2.35. The van der Waals surface area contributed by atoms with E-state index in [1.165, 1.54) is 76.8 Å². The van der Waals surface area contributed by atoms with E-state index >= 15 is 0 Å². The molecule has 0 spiro atoms. The molecule has 0 bridgehead atoms. The Balaban J connectivity index is 1.25. The molecule has 11 rings (SSSR count). The minimum atomic E-state index is -0.104. The molecular weight excluding hydrogens is 641 g/mol. The van der Waals surface area contributed by atoms with Crippen molar-refractivity contribution in [1.29, 1.82) is 0 Å². The van der Waals surface area contributed by atoms with Gasteiger partial charge in [-0.2, -0.15) is 0 Å². The molecule has 53 heavy (non-hydrogen) atoms. The van der Waals surface area contributed by atoms with Crippen molar-refractivity contribution in [2.75, 3.05) is 0 Å². The fourth-order valence-corrected chi connectivity index (χ4v) is 9.13. The highest BCUT2D eigenvalue weighted by Crippen LogP contribution is 2.51. The molecule has 2 nitrogen and oxygen atoms in total. The summed E-state index contributed by atoms with van der Waals surface area (Å²) in [5.74, 6) is 0. The number of aromatic nitrogens is 2. The quantitative estimate of drug-likeness (QED) is 0.138. The van der Waals surface area contributed by atoms with Crippen molar-refractivity contribution < 1.29 is 0 Å². The molecule has 248 valence electrons. The second-order valence-corrected chi connectivity index (χ2v) is 14.9. The van der Waals surface area contributed by atoms with E-state index in [-0.39, 0.29) is 5.41 Å². The molecule has 0 amide bonds. The molecule has 1 aliphatic rings. The second kappa shape index (κ2) is 11.2. The zero-order chi connectivity index (χ0) is 35.3. The van der Waals surface area contributed by atoms with Gasteiger partial charge in [0.2, 0.25) is 0 Å². The van der Waals surface area contributed by atoms with Crippen molar-refractivity contribution in [3.63, 3.8) is 0 Å². The maximum atomic E-state index is 5.42. The molecule has 0 radical (unpaired) electrons. The minimum absolute atomic E-state index is 0.104. The van der Waals surface area contributed by atoms with Crippen molar-refractivity contribution in [3.05, 3.63) is 181 Å². The summed E-state index contributed by atoms with van der Waals surface area (Å²) >= 11 is 0. The smallest absolute Gasteiger partial charge is 0.0972 e. The Morgan fingerprint density at radius 2 is 1.04 bits per heavy atom. The lowest BCUT2D eigenvalue weighted by Crippen LogP contribution is -2.14. The van der Waals surface area contributed by atoms with Crippen LogP contribution in [0.15, 0.2) is 170 Å². The third kappa shape index (κ3) is 4.39. The predicted octanol–water partition coefficient (Wildman–Crippen LogP) is 13.5. The van der Waals surface area contributed by atoms with Crippen LogP contribution in [0, 0.1) is 0 Å². The summed E-state index contributed by atoms with van der Waals surface area (Å²) in [4.78, 5) is 10.2. The zero-order valence-corrected chi connectivity index (χ0v) is 29.6. The van der Waals surface area contributed by atoms with Gasteiger partial charge in [-0.15, -0.1) is 0 Å². The van der Waals surface area contributed by atoms with Crippen molar-refractivity contribution in [3.8, 4) is 44.6 Å². The van der Waals surface area contributed by atoms with Gasteiger partial charge in [-0.05, 0) is 101 Å². The number of fused-ring (bicyclic) bond motifs is 9. The number of pyridine rings is 2. The van der Waals surface area contributed by atoms with Crippen LogP contribution in [0.1, 0.15) is 25.0 Å². The zero-order valence-electron chi connectivity index (χ0n) is 29.6. The van der Waals surface area contributed by atoms with Crippen LogP contribution >= 0.6 is 0 Å². The number of benzene rings is 8. The van der Waals surface area contributed by atoms with E-state index in [1.54, 1.807) is 0 Å². The number of nitrogens with zero attached hydrogens (tertiary/aromatic N) is 2. The first-order valence-electron chi connectivity index (χ1n) is 18.4. The number of rotatable bonds is 3. The van der Waals surface area contributed by atoms with Gasteiger partial charge in [0.05, 0.1) is 16.7 Å². The first-order chi connectivity index (χ1) is 26.0. The predicted molar refractivity (Wildman–Crippen MR) is 223 cm³/mol. The van der Waals surface area contributed by atoms with Crippen molar-refractivity contribution in [2.45, 2.75) is 19.3 Å². The molecule has 10 aromatic rings. The van der Waals surface area contributed by atoms with Gasteiger partial charge in [0.1, 0.15) is 0 Å². The molecule has 0 aliphatic heterocycles. The SMILES string of the molecule is CC1(C)c2ccccc2-c2ccc(-c3c4ccccc4c(-c4ccc5ccc6cccnc6c5n4)c4ccc(-c5cccc6ccccc56)cc34)cc21. The van der Waals surface area contributed by atoms with Crippen LogP contribution in [0.3, 0.4) is 0 Å². The lowest BCUT2D eigenvalue weighted by Gasteiger charge is -2.23. The van der Waals surface area contributed by atoms with E-state index in [9.17, 15) is 0 Å². The highest BCUT2D eigenvalue weighted by molar-refractivity contribution is 6.22. The average Bonchev–Trinajstić information content (AvgIpc) is 3.44. The highest BCUT2D eigenvalue weighted by atomic mass is 14.8. The second-order valence-electron chi connectivity index (χ2n) is 14.9. The number of hydrogen-bond acceptors (Lipinski definition) is 2. The van der Waals surface area contributed by atoms with Crippen molar-refractivity contribution in [2.24, 2.45) is 0 Å². The molecule has 8 aromatic carbocycles. The van der Waals surface area contributed by atoms with Crippen LogP contribution in [0.4, 0.5) is 0 Å². The summed E-state index contributed by atoms with van der Waals surface area (Å²) in [6.07, 6.45) is 1.86. The minimum Gasteiger partial charge on any atom is -0.254 e. The molecule has 2 heteroatoms. The molecule has 0 unspecified atom stereocenters. The third-order valence-corrected chi connectivity index (χ3v) is 11.7. The maximum Gasteiger partial charge on any atom is 0.0972 e. The molecule has 2 heterocycles. The molecule has 2 aromatic heterocycles. The van der Waals surface area contributed by atoms with E-state index in [2.05, 4.69) is 172 Å². The average molecular weight is 675 g/mol. The Morgan fingerprint density at radius 3 is 1.92 bits per heavy atom. The maximum absolute atomic E-state index is 5.42. The summed E-state index contributed by atoms with van der Waals surface area (Å²) in [6, 6.07) is 60.1. The summed E-state index contributed by atoms with van der Waals surface area (Å²) in [7, 11) is 0. The van der Waals surface area contributed by atoms with Gasteiger partial charge in [0, 0.05) is 27.9 Å². The van der Waals surface area contributed by atoms with E-state index < -0.39 is 0 Å². The number of hydrogen-bond donors (Lipinski definition) is 0. The van der Waals surface area contributed by atoms with Gasteiger partial charge in [-0.25, -0.2) is 4.98 Å². The summed E-state index contributed by atoms with van der Waals surface area (Å²) in [5.41, 5.74) is 14.2. The lowest BCUT2D eigenvalue weighted by atomic mass is 9.80. The van der Waals surface area contributed by atoms with Crippen LogP contribution in [-0.2, 0) is 5.41 Å². The molecule has 0 atom stereocenters. The molecular formula is C51H34N2. The fraction of sp³-hybridized carbons (Fsp3) is 0.0588. The van der Waals surface area contributed by atoms with Crippen molar-refractivity contribution in [1.82, 2.24) is 9.97 Å². The summed E-state index contributed by atoms with van der Waals surface area (Å²) in [5, 5.41) is 9.49. The van der Waals surface area contributed by atoms with Gasteiger partial charge < -0.3 is 0 Å². The lowest BCUT2D eigenvalue weighted by molar-refractivity contribution is 0.660. The van der Waals surface area contributed by atoms with Gasteiger partial charge >= 0.3 is 0 Å². The Kier molecular flexibility index (Phi) is 6.33. The van der Waals surface area contributed by atoms with Crippen LogP contribution in [0.2, 0.25) is 0 Å². The largest absolute Gasteiger partial charge is 0.254 e. The van der Waals surface area contributed by atoms with Crippen LogP contribution in [0.25, 0.3) is 98.8 Å². The van der Waals surface area contributed by atoms with Crippen molar-refractivity contribution >= 4 is 54.1 Å². The molecule has 1 aliphatic carbocycles. The normalized spacial score (nSPS) is 13.2. The summed E-state index contributed by atoms with van der Waals surface area (Å²) in [6.45, 7) is 4.73. The topological polar surface area (TPSA) is 25.8 Å². The molecule has 0 saturated heterocycles. The van der Waals surface area contributed by atoms with E-state index in [0.29, 0.717) is 0 Å². The Morgan fingerprint density at radius 1 is 0.396 bits per heavy atom. The van der Waals surface area contributed by atoms with Gasteiger partial charge in [0.25, 0.3) is 0 Å². The Labute approximate surface area is 308 Å². The standard InChI is InChI=1S/C51H34N2/c1-51(2)44-19-8-7-15-38(44)39-25-23-35(30-45(39)51)47-40-16-5-6-17-41(40)48(46-27-24-33-21-20-32-13-10-28-52-49(32)50(33)53-46)42-26-22-34(29-43(42)47)37-18-9-12-31-11-3-4-14-36(31)37/h3-30H,1-2H3. The van der Waals surface area contributed by atoms with Crippen LogP contribution in [-0.4, -0.2) is 9.97 Å². The van der Waals surface area contributed by atoms with Crippen LogP contribution in [0.5, 0.6) is 0 Å². The molecule has 0 N–H and O–H groups in total. The van der Waals surface area contributed by atoms with Gasteiger partial charge in [0.15, 0.2) is 0 Å². The van der Waals surface area contributed by atoms with E-state index in [4.69, 9.17) is 9.97 Å². The molecule has 0 saturated carbocycles. The monoisotopic (exact) mass is 674 g/mol.